The van der Waals surface area contributed by atoms with E-state index in [1.807, 2.05) is 51.1 Å². The molecule has 0 aliphatic heterocycles. The number of hydrogen-bond donors (Lipinski definition) is 0. The molecule has 7 heteroatoms. The summed E-state index contributed by atoms with van der Waals surface area (Å²) < 4.78 is 11.4. The number of hydrogen-bond acceptors (Lipinski definition) is 5. The van der Waals surface area contributed by atoms with Crippen molar-refractivity contribution in [2.24, 2.45) is 0 Å². The highest BCUT2D eigenvalue weighted by molar-refractivity contribution is 6.33. The Morgan fingerprint density at radius 3 is 2.69 bits per heavy atom. The minimum atomic E-state index is -0.126. The molecule has 0 fully saturated rings. The molecule has 0 aliphatic carbocycles. The normalized spacial score (nSPS) is 10.9. The van der Waals surface area contributed by atoms with Crippen molar-refractivity contribution in [2.75, 3.05) is 6.61 Å². The zero-order valence-electron chi connectivity index (χ0n) is 16.8. The number of aromatic nitrogens is 2. The molecule has 1 amide bonds. The largest absolute Gasteiger partial charge is 0.494 e. The Morgan fingerprint density at radius 2 is 1.97 bits per heavy atom. The molecular formula is C22H24ClN3O3. The summed E-state index contributed by atoms with van der Waals surface area (Å²) in [7, 11) is 0. The van der Waals surface area contributed by atoms with E-state index in [1.54, 1.807) is 23.1 Å². The van der Waals surface area contributed by atoms with Gasteiger partial charge in [-0.15, -0.1) is 10.2 Å². The Bertz CT molecular complexity index is 971. The first-order valence-electron chi connectivity index (χ1n) is 9.60. The van der Waals surface area contributed by atoms with E-state index in [-0.39, 0.29) is 18.5 Å². The Hall–Kier alpha value is -2.86. The van der Waals surface area contributed by atoms with Crippen LogP contribution in [-0.4, -0.2) is 33.7 Å². The lowest BCUT2D eigenvalue weighted by Crippen LogP contribution is -2.36. The molecule has 0 bridgehead atoms. The molecule has 0 radical (unpaired) electrons. The minimum Gasteiger partial charge on any atom is -0.494 e. The van der Waals surface area contributed by atoms with Gasteiger partial charge in [0.25, 0.3) is 5.91 Å². The molecule has 0 N–H and O–H groups in total. The summed E-state index contributed by atoms with van der Waals surface area (Å²) in [6, 6.07) is 14.4. The molecule has 1 heterocycles. The molecule has 3 rings (SSSR count). The minimum absolute atomic E-state index is 0.0571. The molecule has 29 heavy (non-hydrogen) atoms. The highest BCUT2D eigenvalue weighted by Crippen LogP contribution is 2.27. The van der Waals surface area contributed by atoms with Crippen molar-refractivity contribution in [1.82, 2.24) is 15.1 Å². The van der Waals surface area contributed by atoms with Crippen LogP contribution >= 0.6 is 11.6 Å². The smallest absolute Gasteiger partial charge is 0.254 e. The zero-order chi connectivity index (χ0) is 20.8. The maximum atomic E-state index is 13.1. The lowest BCUT2D eigenvalue weighted by atomic mass is 10.1. The quantitative estimate of drug-likeness (QED) is 0.505. The molecule has 6 nitrogen and oxygen atoms in total. The maximum Gasteiger partial charge on any atom is 0.254 e. The van der Waals surface area contributed by atoms with Gasteiger partial charge in [-0.3, -0.25) is 4.79 Å². The van der Waals surface area contributed by atoms with Crippen LogP contribution in [0.1, 0.15) is 43.4 Å². The number of amides is 1. The Labute approximate surface area is 175 Å². The fraction of sp³-hybridized carbons (Fsp3) is 0.318. The van der Waals surface area contributed by atoms with Gasteiger partial charge in [-0.05, 0) is 50.6 Å². The predicted molar refractivity (Wildman–Crippen MR) is 112 cm³/mol. The van der Waals surface area contributed by atoms with Crippen molar-refractivity contribution in [3.8, 4) is 17.2 Å². The number of carbonyl (C=O) groups is 1. The number of benzene rings is 2. The van der Waals surface area contributed by atoms with E-state index < -0.39 is 0 Å². The summed E-state index contributed by atoms with van der Waals surface area (Å²) in [5, 5.41) is 8.71. The second-order valence-corrected chi connectivity index (χ2v) is 7.29. The lowest BCUT2D eigenvalue weighted by molar-refractivity contribution is 0.0672. The Morgan fingerprint density at radius 1 is 1.17 bits per heavy atom. The summed E-state index contributed by atoms with van der Waals surface area (Å²) in [5.74, 6) is 1.23. The average Bonchev–Trinajstić information content (AvgIpc) is 3.19. The number of ether oxygens (including phenoxy) is 1. The highest BCUT2D eigenvalue weighted by atomic mass is 35.5. The third kappa shape index (κ3) is 5.15. The Kier molecular flexibility index (Phi) is 6.88. The molecule has 0 saturated heterocycles. The first kappa shape index (κ1) is 20.9. The van der Waals surface area contributed by atoms with Crippen molar-refractivity contribution >= 4 is 17.5 Å². The maximum absolute atomic E-state index is 13.1. The van der Waals surface area contributed by atoms with E-state index in [0.717, 1.165) is 6.42 Å². The van der Waals surface area contributed by atoms with Crippen LogP contribution in [0.5, 0.6) is 5.75 Å². The van der Waals surface area contributed by atoms with E-state index in [9.17, 15) is 4.79 Å². The van der Waals surface area contributed by atoms with Crippen molar-refractivity contribution in [1.29, 1.82) is 0 Å². The van der Waals surface area contributed by atoms with Crippen LogP contribution in [0.3, 0.4) is 0 Å². The van der Waals surface area contributed by atoms with Crippen LogP contribution in [0.2, 0.25) is 5.02 Å². The number of carbonyl (C=O) groups excluding carboxylic acids is 1. The van der Waals surface area contributed by atoms with Crippen molar-refractivity contribution < 1.29 is 13.9 Å². The van der Waals surface area contributed by atoms with E-state index in [4.69, 9.17) is 20.8 Å². The summed E-state index contributed by atoms with van der Waals surface area (Å²) in [6.07, 6.45) is 0.904. The highest BCUT2D eigenvalue weighted by Gasteiger charge is 2.22. The van der Waals surface area contributed by atoms with E-state index in [1.165, 1.54) is 0 Å². The average molecular weight is 414 g/mol. The topological polar surface area (TPSA) is 68.5 Å². The number of halogens is 1. The van der Waals surface area contributed by atoms with Crippen LogP contribution < -0.4 is 4.74 Å². The molecule has 0 aliphatic rings. The SMILES string of the molecule is CCCOc1cccc(C(=O)N(Cc2nnc(-c3ccccc3Cl)o2)C(C)C)c1. The second kappa shape index (κ2) is 9.56. The van der Waals surface area contributed by atoms with Crippen LogP contribution in [0.15, 0.2) is 52.9 Å². The van der Waals surface area contributed by atoms with Gasteiger partial charge in [0, 0.05) is 11.6 Å². The van der Waals surface area contributed by atoms with E-state index >= 15 is 0 Å². The molecule has 0 spiro atoms. The second-order valence-electron chi connectivity index (χ2n) is 6.88. The van der Waals surface area contributed by atoms with Crippen LogP contribution in [0.25, 0.3) is 11.5 Å². The van der Waals surface area contributed by atoms with Gasteiger partial charge < -0.3 is 14.1 Å². The van der Waals surface area contributed by atoms with Crippen molar-refractivity contribution in [2.45, 2.75) is 39.8 Å². The summed E-state index contributed by atoms with van der Waals surface area (Å²) >= 11 is 6.20. The molecule has 0 saturated carbocycles. The van der Waals surface area contributed by atoms with Gasteiger partial charge in [0.2, 0.25) is 11.8 Å². The molecule has 0 unspecified atom stereocenters. The van der Waals surface area contributed by atoms with Gasteiger partial charge in [-0.25, -0.2) is 0 Å². The molecular weight excluding hydrogens is 390 g/mol. The van der Waals surface area contributed by atoms with Gasteiger partial charge in [-0.1, -0.05) is 36.7 Å². The first-order chi connectivity index (χ1) is 14.0. The van der Waals surface area contributed by atoms with Crippen LogP contribution in [0, 0.1) is 0 Å². The van der Waals surface area contributed by atoms with E-state index in [2.05, 4.69) is 10.2 Å². The fourth-order valence-corrected chi connectivity index (χ4v) is 3.02. The standard InChI is InChI=1S/C22H24ClN3O3/c1-4-12-28-17-9-7-8-16(13-17)22(27)26(15(2)3)14-20-24-25-21(29-20)18-10-5-6-11-19(18)23/h5-11,13,15H,4,12,14H2,1-3H3. The summed E-state index contributed by atoms with van der Waals surface area (Å²) in [6.45, 7) is 6.74. The van der Waals surface area contributed by atoms with Gasteiger partial charge in [0.1, 0.15) is 5.75 Å². The molecule has 152 valence electrons. The third-order valence-electron chi connectivity index (χ3n) is 4.31. The molecule has 2 aromatic carbocycles. The molecule has 3 aromatic rings. The van der Waals surface area contributed by atoms with Crippen LogP contribution in [0.4, 0.5) is 0 Å². The fourth-order valence-electron chi connectivity index (χ4n) is 2.80. The van der Waals surface area contributed by atoms with Gasteiger partial charge in [0.15, 0.2) is 0 Å². The van der Waals surface area contributed by atoms with Crippen molar-refractivity contribution in [3.05, 3.63) is 65.0 Å². The van der Waals surface area contributed by atoms with Gasteiger partial charge >= 0.3 is 0 Å². The zero-order valence-corrected chi connectivity index (χ0v) is 17.5. The third-order valence-corrected chi connectivity index (χ3v) is 4.64. The predicted octanol–water partition coefficient (Wildman–Crippen LogP) is 5.23. The molecule has 0 atom stereocenters. The van der Waals surface area contributed by atoms with Crippen molar-refractivity contribution in [3.63, 3.8) is 0 Å². The first-order valence-corrected chi connectivity index (χ1v) is 9.98. The lowest BCUT2D eigenvalue weighted by Gasteiger charge is -2.25. The van der Waals surface area contributed by atoms with Crippen LogP contribution in [-0.2, 0) is 6.54 Å². The van der Waals surface area contributed by atoms with Gasteiger partial charge in [0.05, 0.1) is 23.7 Å². The molecule has 1 aromatic heterocycles. The summed E-state index contributed by atoms with van der Waals surface area (Å²) in [5.41, 5.74) is 1.22. The number of rotatable bonds is 8. The van der Waals surface area contributed by atoms with Gasteiger partial charge in [-0.2, -0.15) is 0 Å². The number of nitrogens with zero attached hydrogens (tertiary/aromatic N) is 3. The van der Waals surface area contributed by atoms with E-state index in [0.29, 0.717) is 40.3 Å². The monoisotopic (exact) mass is 413 g/mol. The summed E-state index contributed by atoms with van der Waals surface area (Å²) in [4.78, 5) is 14.8. The Balaban J connectivity index is 1.79.